The van der Waals surface area contributed by atoms with Crippen LogP contribution in [0.15, 0.2) is 57.7 Å². The van der Waals surface area contributed by atoms with Crippen LogP contribution in [0.1, 0.15) is 5.56 Å². The molecular weight excluding hydrogens is 238 g/mol. The summed E-state index contributed by atoms with van der Waals surface area (Å²) in [7, 11) is 0. The minimum absolute atomic E-state index is 0.0180. The summed E-state index contributed by atoms with van der Waals surface area (Å²) in [6.45, 7) is 1.93. The lowest BCUT2D eigenvalue weighted by atomic mass is 10.1. The van der Waals surface area contributed by atoms with E-state index in [0.29, 0.717) is 16.7 Å². The molecular formula is C16H11NO2. The fourth-order valence-electron chi connectivity index (χ4n) is 2.64. The third kappa shape index (κ3) is 1.30. The Morgan fingerprint density at radius 2 is 1.89 bits per heavy atom. The minimum Gasteiger partial charge on any atom is -0.439 e. The highest BCUT2D eigenvalue weighted by molar-refractivity contribution is 5.88. The maximum absolute atomic E-state index is 12.7. The molecule has 0 N–H and O–H groups in total. The predicted molar refractivity (Wildman–Crippen MR) is 75.7 cm³/mol. The standard InChI is InChI=1S/C16H11NO2/c1-10-5-4-8-13-15(10)16(18)17-12-7-3-2-6-11(12)9-14(17)19-13/h2-9H,1H3. The molecule has 19 heavy (non-hydrogen) atoms. The van der Waals surface area contributed by atoms with Gasteiger partial charge < -0.3 is 4.42 Å². The molecule has 2 aromatic heterocycles. The van der Waals surface area contributed by atoms with Gasteiger partial charge in [-0.3, -0.25) is 4.79 Å². The van der Waals surface area contributed by atoms with Gasteiger partial charge in [0.15, 0.2) is 0 Å². The van der Waals surface area contributed by atoms with Crippen molar-refractivity contribution in [1.29, 1.82) is 0 Å². The minimum atomic E-state index is -0.0180. The van der Waals surface area contributed by atoms with Gasteiger partial charge in [-0.25, -0.2) is 4.40 Å². The molecule has 0 bridgehead atoms. The number of rotatable bonds is 0. The summed E-state index contributed by atoms with van der Waals surface area (Å²) in [4.78, 5) is 12.7. The summed E-state index contributed by atoms with van der Waals surface area (Å²) in [6.07, 6.45) is 0. The second-order valence-corrected chi connectivity index (χ2v) is 4.73. The van der Waals surface area contributed by atoms with Crippen LogP contribution < -0.4 is 5.56 Å². The van der Waals surface area contributed by atoms with Gasteiger partial charge in [0.1, 0.15) is 5.58 Å². The van der Waals surface area contributed by atoms with Crippen LogP contribution in [0.3, 0.4) is 0 Å². The van der Waals surface area contributed by atoms with E-state index >= 15 is 0 Å². The molecule has 0 aliphatic heterocycles. The van der Waals surface area contributed by atoms with E-state index in [1.807, 2.05) is 55.5 Å². The van der Waals surface area contributed by atoms with E-state index in [2.05, 4.69) is 0 Å². The fraction of sp³-hybridized carbons (Fsp3) is 0.0625. The van der Waals surface area contributed by atoms with Crippen molar-refractivity contribution in [3.8, 4) is 0 Å². The summed E-state index contributed by atoms with van der Waals surface area (Å²) in [6, 6.07) is 15.4. The van der Waals surface area contributed by atoms with E-state index in [4.69, 9.17) is 4.42 Å². The van der Waals surface area contributed by atoms with E-state index in [0.717, 1.165) is 16.5 Å². The van der Waals surface area contributed by atoms with Gasteiger partial charge in [-0.1, -0.05) is 30.3 Å². The number of hydrogen-bond acceptors (Lipinski definition) is 2. The first kappa shape index (κ1) is 10.4. The molecule has 0 atom stereocenters. The van der Waals surface area contributed by atoms with E-state index in [1.54, 1.807) is 4.40 Å². The zero-order valence-electron chi connectivity index (χ0n) is 10.4. The monoisotopic (exact) mass is 249 g/mol. The second kappa shape index (κ2) is 3.48. The van der Waals surface area contributed by atoms with Gasteiger partial charge in [0.25, 0.3) is 5.56 Å². The topological polar surface area (TPSA) is 34.6 Å². The quantitative estimate of drug-likeness (QED) is 0.478. The summed E-state index contributed by atoms with van der Waals surface area (Å²) < 4.78 is 7.50. The van der Waals surface area contributed by atoms with Crippen molar-refractivity contribution in [3.05, 3.63) is 64.4 Å². The molecule has 0 aliphatic carbocycles. The number of aromatic nitrogens is 1. The number of nitrogens with zero attached hydrogens (tertiary/aromatic N) is 1. The lowest BCUT2D eigenvalue weighted by Crippen LogP contribution is -2.13. The Kier molecular flexibility index (Phi) is 1.90. The van der Waals surface area contributed by atoms with Gasteiger partial charge in [0, 0.05) is 11.5 Å². The largest absolute Gasteiger partial charge is 0.439 e. The highest BCUT2D eigenvalue weighted by Gasteiger charge is 2.12. The van der Waals surface area contributed by atoms with Crippen molar-refractivity contribution in [2.24, 2.45) is 0 Å². The zero-order chi connectivity index (χ0) is 13.0. The maximum Gasteiger partial charge on any atom is 0.269 e. The Morgan fingerprint density at radius 1 is 1.05 bits per heavy atom. The van der Waals surface area contributed by atoms with Crippen LogP contribution >= 0.6 is 0 Å². The van der Waals surface area contributed by atoms with E-state index in [-0.39, 0.29) is 5.56 Å². The van der Waals surface area contributed by atoms with E-state index < -0.39 is 0 Å². The molecule has 0 spiro atoms. The molecule has 3 heteroatoms. The molecule has 0 aliphatic rings. The first-order valence-corrected chi connectivity index (χ1v) is 6.18. The fourth-order valence-corrected chi connectivity index (χ4v) is 2.64. The SMILES string of the molecule is Cc1cccc2oc3cc4ccccc4n3c(=O)c12. The number of benzene rings is 2. The van der Waals surface area contributed by atoms with Gasteiger partial charge in [0.2, 0.25) is 5.71 Å². The summed E-state index contributed by atoms with van der Waals surface area (Å²) in [5, 5.41) is 1.66. The Hall–Kier alpha value is -2.55. The molecule has 0 radical (unpaired) electrons. The number of fused-ring (bicyclic) bond motifs is 4. The van der Waals surface area contributed by atoms with Crippen molar-refractivity contribution in [2.45, 2.75) is 6.92 Å². The molecule has 0 fully saturated rings. The number of para-hydroxylation sites is 1. The van der Waals surface area contributed by atoms with Crippen molar-refractivity contribution < 1.29 is 4.42 Å². The molecule has 0 saturated heterocycles. The Balaban J connectivity index is 2.39. The molecule has 0 saturated carbocycles. The van der Waals surface area contributed by atoms with Gasteiger partial charge in [-0.05, 0) is 24.6 Å². The molecule has 0 unspecified atom stereocenters. The highest BCUT2D eigenvalue weighted by Crippen LogP contribution is 2.22. The van der Waals surface area contributed by atoms with Gasteiger partial charge in [-0.2, -0.15) is 0 Å². The molecule has 3 nitrogen and oxygen atoms in total. The third-order valence-corrected chi connectivity index (χ3v) is 3.54. The van der Waals surface area contributed by atoms with Crippen LogP contribution in [0.2, 0.25) is 0 Å². The Morgan fingerprint density at radius 3 is 2.79 bits per heavy atom. The van der Waals surface area contributed by atoms with Gasteiger partial charge in [0.05, 0.1) is 10.9 Å². The number of hydrogen-bond donors (Lipinski definition) is 0. The van der Waals surface area contributed by atoms with Crippen molar-refractivity contribution in [3.63, 3.8) is 0 Å². The zero-order valence-corrected chi connectivity index (χ0v) is 10.4. The average molecular weight is 249 g/mol. The van der Waals surface area contributed by atoms with Gasteiger partial charge >= 0.3 is 0 Å². The lowest BCUT2D eigenvalue weighted by molar-refractivity contribution is 0.630. The van der Waals surface area contributed by atoms with Crippen LogP contribution in [-0.4, -0.2) is 4.40 Å². The molecule has 4 rings (SSSR count). The summed E-state index contributed by atoms with van der Waals surface area (Å²) in [5.41, 5.74) is 3.03. The normalized spacial score (nSPS) is 11.6. The average Bonchev–Trinajstić information content (AvgIpc) is 2.77. The van der Waals surface area contributed by atoms with Gasteiger partial charge in [-0.15, -0.1) is 0 Å². The van der Waals surface area contributed by atoms with Crippen LogP contribution in [-0.2, 0) is 0 Å². The van der Waals surface area contributed by atoms with E-state index in [9.17, 15) is 4.79 Å². The third-order valence-electron chi connectivity index (χ3n) is 3.54. The van der Waals surface area contributed by atoms with Crippen LogP contribution in [0, 0.1) is 6.92 Å². The lowest BCUT2D eigenvalue weighted by Gasteiger charge is -2.02. The van der Waals surface area contributed by atoms with Crippen LogP contribution in [0.4, 0.5) is 0 Å². The van der Waals surface area contributed by atoms with Crippen molar-refractivity contribution in [2.75, 3.05) is 0 Å². The molecule has 2 heterocycles. The first-order chi connectivity index (χ1) is 9.25. The predicted octanol–water partition coefficient (Wildman–Crippen LogP) is 3.51. The molecule has 2 aromatic carbocycles. The van der Waals surface area contributed by atoms with Crippen molar-refractivity contribution >= 4 is 27.6 Å². The molecule has 4 aromatic rings. The Bertz CT molecular complexity index is 992. The number of aryl methyl sites for hydroxylation is 1. The molecule has 92 valence electrons. The van der Waals surface area contributed by atoms with E-state index in [1.165, 1.54) is 0 Å². The summed E-state index contributed by atoms with van der Waals surface area (Å²) >= 11 is 0. The molecule has 0 amide bonds. The van der Waals surface area contributed by atoms with Crippen LogP contribution in [0.25, 0.3) is 27.6 Å². The Labute approximate surface area is 108 Å². The second-order valence-electron chi connectivity index (χ2n) is 4.73. The van der Waals surface area contributed by atoms with Crippen LogP contribution in [0.5, 0.6) is 0 Å². The first-order valence-electron chi connectivity index (χ1n) is 6.18. The summed E-state index contributed by atoms with van der Waals surface area (Å²) in [5.74, 6) is 0. The smallest absolute Gasteiger partial charge is 0.269 e. The van der Waals surface area contributed by atoms with Crippen molar-refractivity contribution in [1.82, 2.24) is 4.40 Å². The highest BCUT2D eigenvalue weighted by atomic mass is 16.3. The maximum atomic E-state index is 12.7.